The molecule has 0 spiro atoms. The molecule has 10 nitrogen and oxygen atoms in total. The Morgan fingerprint density at radius 1 is 1.39 bits per heavy atom. The number of hydrazine groups is 2. The number of nitrogens with one attached hydrogen (secondary N) is 2. The van der Waals surface area contributed by atoms with Gasteiger partial charge in [-0.1, -0.05) is 0 Å². The van der Waals surface area contributed by atoms with Crippen molar-refractivity contribution in [1.29, 1.82) is 0 Å². The summed E-state index contributed by atoms with van der Waals surface area (Å²) < 4.78 is 4.54. The SMILES string of the molecule is NN1C=CNC(=O)N1.OC[C@H]1OC(O)[C@@H](O)[C@@H]1O. The maximum atomic E-state index is 10.3. The van der Waals surface area contributed by atoms with Crippen LogP contribution in [0.3, 0.4) is 0 Å². The molecular weight excluding hydrogens is 248 g/mol. The summed E-state index contributed by atoms with van der Waals surface area (Å²) in [4.78, 5) is 10.3. The number of carbonyl (C=O) groups is 1. The van der Waals surface area contributed by atoms with E-state index >= 15 is 0 Å². The summed E-state index contributed by atoms with van der Waals surface area (Å²) in [6.07, 6.45) is -1.82. The highest BCUT2D eigenvalue weighted by Gasteiger charge is 2.41. The van der Waals surface area contributed by atoms with E-state index in [1.54, 1.807) is 0 Å². The lowest BCUT2D eigenvalue weighted by atomic mass is 10.1. The molecule has 18 heavy (non-hydrogen) atoms. The Labute approximate surface area is 102 Å². The molecule has 1 saturated heterocycles. The van der Waals surface area contributed by atoms with Crippen LogP contribution in [-0.4, -0.2) is 62.8 Å². The Morgan fingerprint density at radius 2 is 2.06 bits per heavy atom. The Morgan fingerprint density at radius 3 is 2.33 bits per heavy atom. The highest BCUT2D eigenvalue weighted by atomic mass is 16.6. The average Bonchev–Trinajstić information content (AvgIpc) is 2.57. The van der Waals surface area contributed by atoms with Crippen molar-refractivity contribution in [2.75, 3.05) is 6.61 Å². The number of ether oxygens (including phenoxy) is 1. The standard InChI is InChI=1S/C5H10O5.C3H6N4O/c6-1-2-3(7)4(8)5(9)10-2;4-7-2-1-5-3(8)6-7/h2-9H,1H2;1-2H,4H2,(H2,5,6,8)/t2-,3-,4+,5?;/m1./s1. The molecule has 0 aromatic rings. The van der Waals surface area contributed by atoms with Gasteiger partial charge in [0.15, 0.2) is 6.29 Å². The second-order valence-electron chi connectivity index (χ2n) is 3.54. The van der Waals surface area contributed by atoms with Crippen molar-refractivity contribution in [1.82, 2.24) is 15.9 Å². The summed E-state index contributed by atoms with van der Waals surface area (Å²) in [5.74, 6) is 5.10. The fourth-order valence-electron chi connectivity index (χ4n) is 1.26. The Balaban J connectivity index is 0.000000184. The third-order valence-corrected chi connectivity index (χ3v) is 2.20. The van der Waals surface area contributed by atoms with E-state index in [1.165, 1.54) is 12.4 Å². The summed E-state index contributed by atoms with van der Waals surface area (Å²) in [5.41, 5.74) is 2.25. The zero-order valence-corrected chi connectivity index (χ0v) is 9.30. The summed E-state index contributed by atoms with van der Waals surface area (Å²) in [5, 5.41) is 38.4. The van der Waals surface area contributed by atoms with Gasteiger partial charge in [-0.3, -0.25) is 0 Å². The molecule has 1 fully saturated rings. The van der Waals surface area contributed by atoms with Crippen LogP contribution < -0.4 is 16.6 Å². The number of urea groups is 1. The van der Waals surface area contributed by atoms with Crippen LogP contribution in [0.1, 0.15) is 0 Å². The van der Waals surface area contributed by atoms with E-state index in [-0.39, 0.29) is 6.03 Å². The quantitative estimate of drug-likeness (QED) is 0.238. The second-order valence-corrected chi connectivity index (χ2v) is 3.54. The van der Waals surface area contributed by atoms with E-state index in [0.717, 1.165) is 5.12 Å². The van der Waals surface area contributed by atoms with Gasteiger partial charge in [0.05, 0.1) is 12.8 Å². The average molecular weight is 264 g/mol. The number of rotatable bonds is 1. The lowest BCUT2D eigenvalue weighted by Crippen LogP contribution is -2.50. The lowest BCUT2D eigenvalue weighted by Gasteiger charge is -2.17. The molecule has 0 radical (unpaired) electrons. The normalized spacial score (nSPS) is 34.5. The van der Waals surface area contributed by atoms with E-state index in [0.29, 0.717) is 0 Å². The highest BCUT2D eigenvalue weighted by molar-refractivity contribution is 5.75. The second kappa shape index (κ2) is 6.49. The molecule has 0 aromatic heterocycles. The van der Waals surface area contributed by atoms with E-state index in [2.05, 4.69) is 15.5 Å². The Kier molecular flexibility index (Phi) is 5.27. The smallest absolute Gasteiger partial charge is 0.338 e. The van der Waals surface area contributed by atoms with Gasteiger partial charge in [-0.05, 0) is 0 Å². The van der Waals surface area contributed by atoms with Crippen molar-refractivity contribution in [3.63, 3.8) is 0 Å². The predicted octanol–water partition coefficient (Wildman–Crippen LogP) is -3.72. The monoisotopic (exact) mass is 264 g/mol. The molecule has 1 unspecified atom stereocenters. The third kappa shape index (κ3) is 3.80. The van der Waals surface area contributed by atoms with Crippen molar-refractivity contribution in [2.24, 2.45) is 5.84 Å². The molecule has 4 atom stereocenters. The molecule has 0 aliphatic carbocycles. The summed E-state index contributed by atoms with van der Waals surface area (Å²) in [6, 6.07) is -0.324. The van der Waals surface area contributed by atoms with Crippen LogP contribution in [0.15, 0.2) is 12.4 Å². The first-order valence-electron chi connectivity index (χ1n) is 5.04. The van der Waals surface area contributed by atoms with Crippen LogP contribution in [0.25, 0.3) is 0 Å². The van der Waals surface area contributed by atoms with Gasteiger partial charge < -0.3 is 30.5 Å². The molecule has 2 aliphatic heterocycles. The molecule has 0 bridgehead atoms. The molecule has 8 N–H and O–H groups in total. The van der Waals surface area contributed by atoms with Gasteiger partial charge in [0, 0.05) is 6.20 Å². The van der Waals surface area contributed by atoms with E-state index in [9.17, 15) is 4.79 Å². The first-order chi connectivity index (χ1) is 8.45. The van der Waals surface area contributed by atoms with Gasteiger partial charge in [-0.2, -0.15) is 0 Å². The van der Waals surface area contributed by atoms with Crippen LogP contribution in [0.4, 0.5) is 4.79 Å². The van der Waals surface area contributed by atoms with Crippen molar-refractivity contribution in [2.45, 2.75) is 24.6 Å². The minimum Gasteiger partial charge on any atom is -0.394 e. The fourth-order valence-corrected chi connectivity index (χ4v) is 1.26. The van der Waals surface area contributed by atoms with Crippen LogP contribution >= 0.6 is 0 Å². The maximum Gasteiger partial charge on any atom is 0.338 e. The zero-order valence-electron chi connectivity index (χ0n) is 9.30. The number of carbonyl (C=O) groups excluding carboxylic acids is 1. The molecule has 104 valence electrons. The first kappa shape index (κ1) is 14.6. The Bertz CT molecular complexity index is 314. The van der Waals surface area contributed by atoms with Gasteiger partial charge >= 0.3 is 6.03 Å². The van der Waals surface area contributed by atoms with Crippen LogP contribution in [0.5, 0.6) is 0 Å². The van der Waals surface area contributed by atoms with E-state index < -0.39 is 31.2 Å². The molecule has 0 aromatic carbocycles. The summed E-state index contributed by atoms with van der Waals surface area (Å²) in [6.45, 7) is -0.407. The molecule has 0 saturated carbocycles. The van der Waals surface area contributed by atoms with Gasteiger partial charge in [0.1, 0.15) is 18.3 Å². The Hall–Kier alpha value is -1.43. The summed E-state index contributed by atoms with van der Waals surface area (Å²) in [7, 11) is 0. The van der Waals surface area contributed by atoms with Gasteiger partial charge in [-0.25, -0.2) is 21.2 Å². The van der Waals surface area contributed by atoms with Gasteiger partial charge in [0.25, 0.3) is 0 Å². The van der Waals surface area contributed by atoms with Crippen molar-refractivity contribution in [3.05, 3.63) is 12.4 Å². The van der Waals surface area contributed by atoms with E-state index in [1.807, 2.05) is 0 Å². The number of hydrogen-bond donors (Lipinski definition) is 7. The fraction of sp³-hybridized carbons (Fsp3) is 0.625. The van der Waals surface area contributed by atoms with Gasteiger partial charge in [0.2, 0.25) is 0 Å². The molecule has 2 amide bonds. The minimum atomic E-state index is -1.38. The van der Waals surface area contributed by atoms with Crippen molar-refractivity contribution >= 4 is 6.03 Å². The van der Waals surface area contributed by atoms with Crippen molar-refractivity contribution < 1.29 is 30.0 Å². The molecule has 2 rings (SSSR count). The molecule has 10 heteroatoms. The number of aliphatic hydroxyl groups excluding tert-OH is 4. The number of nitrogens with two attached hydrogens (primary N) is 1. The van der Waals surface area contributed by atoms with Crippen LogP contribution in [0, 0.1) is 0 Å². The van der Waals surface area contributed by atoms with Crippen LogP contribution in [-0.2, 0) is 4.74 Å². The third-order valence-electron chi connectivity index (χ3n) is 2.20. The predicted molar refractivity (Wildman–Crippen MR) is 56.8 cm³/mol. The zero-order chi connectivity index (χ0) is 13.7. The molecule has 2 aliphatic rings. The lowest BCUT2D eigenvalue weighted by molar-refractivity contribution is -0.132. The topological polar surface area (TPSA) is 161 Å². The van der Waals surface area contributed by atoms with Crippen molar-refractivity contribution in [3.8, 4) is 0 Å². The minimum absolute atomic E-state index is 0.324. The number of hydrogen-bond acceptors (Lipinski definition) is 8. The molecule has 2 heterocycles. The summed E-state index contributed by atoms with van der Waals surface area (Å²) >= 11 is 0. The number of aliphatic hydroxyl groups is 4. The molecular formula is C8H16N4O6. The highest BCUT2D eigenvalue weighted by Crippen LogP contribution is 2.18. The maximum absolute atomic E-state index is 10.3. The largest absolute Gasteiger partial charge is 0.394 e. The van der Waals surface area contributed by atoms with Crippen LogP contribution in [0.2, 0.25) is 0 Å². The number of amides is 2. The number of nitrogens with zero attached hydrogens (tertiary/aromatic N) is 1. The van der Waals surface area contributed by atoms with Gasteiger partial charge in [-0.15, -0.1) is 0 Å². The first-order valence-corrected chi connectivity index (χ1v) is 5.04. The van der Waals surface area contributed by atoms with E-state index in [4.69, 9.17) is 26.3 Å².